The molecule has 1 aromatic rings. The summed E-state index contributed by atoms with van der Waals surface area (Å²) in [5.41, 5.74) is 4.24. The van der Waals surface area contributed by atoms with Crippen molar-refractivity contribution in [1.82, 2.24) is 20.3 Å². The van der Waals surface area contributed by atoms with Gasteiger partial charge in [0.1, 0.15) is 0 Å². The van der Waals surface area contributed by atoms with E-state index < -0.39 is 42.3 Å². The Labute approximate surface area is 232 Å². The van der Waals surface area contributed by atoms with Crippen LogP contribution in [0.4, 0.5) is 5.95 Å². The Kier molecular flexibility index (Phi) is 15.0. The van der Waals surface area contributed by atoms with E-state index in [9.17, 15) is 18.6 Å². The first kappa shape index (κ1) is 36.2. The molecule has 1 rings (SSSR count). The Morgan fingerprint density at radius 2 is 1.62 bits per heavy atom. The molecule has 1 aromatic heterocycles. The van der Waals surface area contributed by atoms with Crippen molar-refractivity contribution < 1.29 is 50.3 Å². The monoisotopic (exact) mass is 650 g/mol. The fourth-order valence-corrected chi connectivity index (χ4v) is 6.01. The average molecular weight is 650 g/mol. The molecule has 40 heavy (non-hydrogen) atoms. The maximum atomic E-state index is 12.9. The molecular weight excluding hydrogens is 616 g/mol. The van der Waals surface area contributed by atoms with Crippen molar-refractivity contribution in [3.05, 3.63) is 12.4 Å². The molecule has 0 saturated carbocycles. The average Bonchev–Trinajstić information content (AvgIpc) is 2.99. The van der Waals surface area contributed by atoms with Gasteiger partial charge in [-0.1, -0.05) is 0 Å². The van der Waals surface area contributed by atoms with Gasteiger partial charge >= 0.3 is 196 Å². The molecule has 228 valence electrons. The molecule has 0 bridgehead atoms. The van der Waals surface area contributed by atoms with E-state index in [1.54, 1.807) is 0 Å². The fourth-order valence-electron chi connectivity index (χ4n) is 2.55. The van der Waals surface area contributed by atoms with Crippen LogP contribution in [0.3, 0.4) is 0 Å². The van der Waals surface area contributed by atoms with Gasteiger partial charge in [0.2, 0.25) is 0 Å². The number of hydrogen-bond acceptors (Lipinski definition) is 18. The van der Waals surface area contributed by atoms with Crippen LogP contribution in [0.15, 0.2) is 22.4 Å². The number of amidine groups is 1. The van der Waals surface area contributed by atoms with Crippen molar-refractivity contribution in [2.24, 2.45) is 15.7 Å². The van der Waals surface area contributed by atoms with E-state index >= 15 is 0 Å². The quantitative estimate of drug-likeness (QED) is 0.0759. The topological polar surface area (TPSA) is 252 Å². The van der Waals surface area contributed by atoms with Crippen molar-refractivity contribution in [3.8, 4) is 0 Å². The van der Waals surface area contributed by atoms with Gasteiger partial charge in [0, 0.05) is 14.2 Å². The molecule has 0 spiro atoms. The Bertz CT molecular complexity index is 1180. The second kappa shape index (κ2) is 16.6. The molecule has 1 atom stereocenters. The Balaban J connectivity index is 3.12. The van der Waals surface area contributed by atoms with Gasteiger partial charge in [-0.05, 0) is 4.57 Å². The SMILES string of the molecule is C=C(/N=C(\C/N=C(\N)[P+](=O)OC)P(=O)(OC)OC)NCCNc1nc(P(=O)(OC)OC)nc([PH]([O-])(OC)OC)n1. The number of anilines is 1. The molecule has 0 aromatic carbocycles. The van der Waals surface area contributed by atoms with Crippen LogP contribution in [0.5, 0.6) is 0 Å². The van der Waals surface area contributed by atoms with Crippen molar-refractivity contribution in [3.63, 3.8) is 0 Å². The minimum atomic E-state index is -4.30. The predicted molar refractivity (Wildman–Crippen MR) is 149 cm³/mol. The van der Waals surface area contributed by atoms with Gasteiger partial charge in [-0.25, -0.2) is 0 Å². The fraction of sp³-hybridized carbons (Fsp3) is 0.588. The van der Waals surface area contributed by atoms with E-state index in [0.29, 0.717) is 0 Å². The second-order valence-corrected chi connectivity index (χ2v) is 15.0. The van der Waals surface area contributed by atoms with E-state index in [4.69, 9.17) is 32.9 Å². The summed E-state index contributed by atoms with van der Waals surface area (Å²) in [6.45, 7) is 3.59. The van der Waals surface area contributed by atoms with E-state index in [1.807, 2.05) is 0 Å². The van der Waals surface area contributed by atoms with Gasteiger partial charge in [-0.3, -0.25) is 0 Å². The van der Waals surface area contributed by atoms with Gasteiger partial charge < -0.3 is 5.73 Å². The second-order valence-electron chi connectivity index (χ2n) is 6.91. The van der Waals surface area contributed by atoms with E-state index in [2.05, 4.69) is 46.7 Å². The first-order valence-corrected chi connectivity index (χ1v) is 16.9. The third kappa shape index (κ3) is 9.62. The Morgan fingerprint density at radius 3 is 2.12 bits per heavy atom. The first-order valence-electron chi connectivity index (χ1n) is 10.9. The molecule has 0 saturated heterocycles. The molecule has 1 heterocycles. The number of nitrogens with one attached hydrogen (secondary N) is 2. The summed E-state index contributed by atoms with van der Waals surface area (Å²) in [7, 11) is -6.49. The van der Waals surface area contributed by atoms with Gasteiger partial charge in [-0.15, -0.1) is 4.52 Å². The standard InChI is InChI=1S/C17H34N8O11P4/c1-12(22-13(38(27,31-3)32-4)11-21-14(18)37(26)30-2)19-9-10-20-15-23-16(39(28,33-5)34-6)25-17(24-15)40(29,35-7)36-8/h19,39H,1,9-11H2,2-8H3,(H2,18,21)(H,20,23,24,25)/b22-13+. The van der Waals surface area contributed by atoms with Crippen molar-refractivity contribution >= 4 is 59.3 Å². The van der Waals surface area contributed by atoms with Crippen LogP contribution in [0.2, 0.25) is 0 Å². The van der Waals surface area contributed by atoms with Crippen LogP contribution in [-0.4, -0.2) is 95.4 Å². The van der Waals surface area contributed by atoms with Crippen LogP contribution in [0.25, 0.3) is 0 Å². The minimum absolute atomic E-state index is 0.0288. The molecule has 0 aliphatic carbocycles. The predicted octanol–water partition coefficient (Wildman–Crippen LogP) is -0.183. The van der Waals surface area contributed by atoms with Crippen LogP contribution in [0.1, 0.15) is 0 Å². The molecule has 0 amide bonds. The zero-order valence-electron chi connectivity index (χ0n) is 23.0. The summed E-state index contributed by atoms with van der Waals surface area (Å²) in [6.07, 6.45) is 0. The van der Waals surface area contributed by atoms with Crippen molar-refractivity contribution in [1.29, 1.82) is 0 Å². The third-order valence-electron chi connectivity index (χ3n) is 4.69. The van der Waals surface area contributed by atoms with Gasteiger partial charge in [-0.2, -0.15) is 0 Å². The normalized spacial score (nSPS) is 14.2. The molecule has 1 unspecified atom stereocenters. The van der Waals surface area contributed by atoms with E-state index in [-0.39, 0.29) is 42.4 Å². The summed E-state index contributed by atoms with van der Waals surface area (Å²) in [5.74, 6) is -0.117. The number of hydrogen-bond donors (Lipinski definition) is 3. The van der Waals surface area contributed by atoms with Crippen molar-refractivity contribution in [2.75, 3.05) is 74.7 Å². The van der Waals surface area contributed by atoms with Gasteiger partial charge in [0.05, 0.1) is 7.11 Å². The van der Waals surface area contributed by atoms with Crippen LogP contribution < -0.4 is 32.4 Å². The number of nitrogens with zero attached hydrogens (tertiary/aromatic N) is 5. The summed E-state index contributed by atoms with van der Waals surface area (Å²) in [5, 5.41) is 5.67. The van der Waals surface area contributed by atoms with Crippen LogP contribution in [0, 0.1) is 0 Å². The Morgan fingerprint density at radius 1 is 1.02 bits per heavy atom. The number of rotatable bonds is 19. The molecule has 0 aliphatic rings. The zero-order valence-corrected chi connectivity index (χ0v) is 26.7. The molecule has 0 radical (unpaired) electrons. The molecule has 4 N–H and O–H groups in total. The third-order valence-corrected chi connectivity index (χ3v) is 10.9. The maximum absolute atomic E-state index is 12.9. The molecule has 0 fully saturated rings. The number of aromatic nitrogens is 3. The Hall–Kier alpha value is -1.84. The summed E-state index contributed by atoms with van der Waals surface area (Å²) >= 11 is 0. The molecule has 19 nitrogen and oxygen atoms in total. The summed E-state index contributed by atoms with van der Waals surface area (Å²) in [6, 6.07) is 0. The van der Waals surface area contributed by atoms with Gasteiger partial charge in [0.15, 0.2) is 0 Å². The molecular formula is C17H34N8O11P4. The van der Waals surface area contributed by atoms with Gasteiger partial charge in [0.25, 0.3) is 0 Å². The summed E-state index contributed by atoms with van der Waals surface area (Å²) < 4.78 is 71.7. The number of nitrogens with two attached hydrogens (primary N) is 1. The first-order chi connectivity index (χ1) is 18.8. The van der Waals surface area contributed by atoms with Crippen molar-refractivity contribution in [2.45, 2.75) is 0 Å². The van der Waals surface area contributed by atoms with Crippen LogP contribution >= 0.6 is 31.2 Å². The van der Waals surface area contributed by atoms with E-state index in [0.717, 1.165) is 42.7 Å². The van der Waals surface area contributed by atoms with Crippen LogP contribution in [-0.2, 0) is 45.4 Å². The summed E-state index contributed by atoms with van der Waals surface area (Å²) in [4.78, 5) is 32.8. The molecule has 0 aliphatic heterocycles. The van der Waals surface area contributed by atoms with E-state index in [1.165, 1.54) is 7.11 Å². The number of aliphatic imine (C=N–C) groups is 2. The zero-order chi connectivity index (χ0) is 30.6. The molecule has 23 heteroatoms.